The molecule has 12 aromatic carbocycles. The molecule has 24 aromatic rings. The van der Waals surface area contributed by atoms with Crippen molar-refractivity contribution >= 4 is 141 Å². The van der Waals surface area contributed by atoms with Crippen LogP contribution in [-0.2, 0) is 80.4 Å². The van der Waals surface area contributed by atoms with Gasteiger partial charge in [0, 0.05) is 168 Å². The maximum atomic E-state index is 7.51. The summed E-state index contributed by atoms with van der Waals surface area (Å²) in [6.07, 6.45) is 13.7. The van der Waals surface area contributed by atoms with Gasteiger partial charge in [-0.1, -0.05) is 290 Å². The second kappa shape index (κ2) is 50.9. The van der Waals surface area contributed by atoms with E-state index in [0.29, 0.717) is 11.4 Å². The van der Waals surface area contributed by atoms with Crippen LogP contribution < -0.4 is 20.7 Å². The smallest absolute Gasteiger partial charge is 0.120 e. The predicted molar refractivity (Wildman–Crippen MR) is 608 cm³/mol. The van der Waals surface area contributed by atoms with Crippen LogP contribution in [0.1, 0.15) is 30.5 Å². The van der Waals surface area contributed by atoms with E-state index >= 15 is 0 Å². The minimum Gasteiger partial charge on any atom is -0.501 e. The number of nitrogens with zero attached hydrogens (tertiary/aromatic N) is 8. The van der Waals surface area contributed by atoms with Gasteiger partial charge in [-0.25, -0.2) is 0 Å². The maximum absolute atomic E-state index is 7.51. The van der Waals surface area contributed by atoms with E-state index in [2.05, 4.69) is 258 Å². The first-order valence-electron chi connectivity index (χ1n) is 50.9. The van der Waals surface area contributed by atoms with E-state index in [1.54, 1.807) is 49.1 Å². The van der Waals surface area contributed by atoms with E-state index in [1.165, 1.54) is 54.7 Å². The third-order valence-electron chi connectivity index (χ3n) is 24.1. The van der Waals surface area contributed by atoms with Crippen LogP contribution >= 0.6 is 0 Å². The Bertz CT molecular complexity index is 8230. The molecule has 0 saturated carbocycles. The van der Waals surface area contributed by atoms with Crippen LogP contribution in [0, 0.1) is 76.1 Å². The number of aryl methyl sites for hydroxylation is 4. The number of pyridine rings is 8. The van der Waals surface area contributed by atoms with Crippen LogP contribution in [0.4, 0.5) is 0 Å². The molecule has 24 rings (SSSR count). The van der Waals surface area contributed by atoms with Crippen LogP contribution in [0.15, 0.2) is 407 Å². The average Bonchev–Trinajstić information content (AvgIpc) is 1.59. The van der Waals surface area contributed by atoms with Crippen LogP contribution in [0.25, 0.3) is 178 Å². The fourth-order valence-corrected chi connectivity index (χ4v) is 22.4. The van der Waals surface area contributed by atoms with E-state index in [9.17, 15) is 0 Å². The number of fused-ring (bicyclic) bond motifs is 12. The molecule has 0 aliphatic rings. The molecule has 20 heteroatoms. The van der Waals surface area contributed by atoms with Gasteiger partial charge in [0.2, 0.25) is 0 Å². The minimum absolute atomic E-state index is 0. The Morgan fingerprint density at radius 2 is 0.581 bits per heavy atom. The second-order valence-electron chi connectivity index (χ2n) is 38.8. The van der Waals surface area contributed by atoms with E-state index in [1.807, 2.05) is 251 Å². The zero-order chi connectivity index (χ0) is 105. The predicted octanol–water partition coefficient (Wildman–Crippen LogP) is 31.4. The number of rotatable bonds is 12. The summed E-state index contributed by atoms with van der Waals surface area (Å²) in [5.74, 6) is 0. The summed E-state index contributed by atoms with van der Waals surface area (Å²) in [7, 11) is -5.99. The molecular weight excluding hydrogens is 2590 g/mol. The minimum atomic E-state index is -2.16. The normalized spacial score (nSPS) is 11.8. The van der Waals surface area contributed by atoms with Gasteiger partial charge in [0.25, 0.3) is 0 Å². The van der Waals surface area contributed by atoms with Crippen molar-refractivity contribution in [3.05, 3.63) is 460 Å². The van der Waals surface area contributed by atoms with Crippen molar-refractivity contribution in [3.63, 3.8) is 0 Å². The van der Waals surface area contributed by atoms with Crippen LogP contribution in [0.3, 0.4) is 0 Å². The summed E-state index contributed by atoms with van der Waals surface area (Å²) in [5.41, 5.74) is 24.2. The van der Waals surface area contributed by atoms with Crippen molar-refractivity contribution in [1.29, 1.82) is 0 Å². The Morgan fingerprint density at radius 3 is 0.980 bits per heavy atom. The van der Waals surface area contributed by atoms with Crippen molar-refractivity contribution in [2.24, 2.45) is 0 Å². The molecule has 0 amide bonds. The second-order valence-corrected chi connectivity index (χ2v) is 59.0. The summed E-state index contributed by atoms with van der Waals surface area (Å²) >= 11 is 0. The largest absolute Gasteiger partial charge is 0.501 e. The summed E-state index contributed by atoms with van der Waals surface area (Å²) in [5, 5.41) is 14.5. The molecule has 0 bridgehead atoms. The average molecular weight is 2710 g/mol. The van der Waals surface area contributed by atoms with Crippen LogP contribution in [0.5, 0.6) is 0 Å². The molecule has 148 heavy (non-hydrogen) atoms. The fraction of sp³-hybridized carbons (Fsp3) is 0.125. The first-order valence-corrected chi connectivity index (χ1v) is 61.9. The van der Waals surface area contributed by atoms with Gasteiger partial charge in [-0.2, -0.15) is 0 Å². The summed E-state index contributed by atoms with van der Waals surface area (Å²) in [6.45, 7) is 27.8. The first-order chi connectivity index (χ1) is 72.1. The van der Waals surface area contributed by atoms with E-state index in [4.69, 9.17) is 25.9 Å². The molecular formula is C128H112Ir4N8O4Si4-8. The van der Waals surface area contributed by atoms with Gasteiger partial charge in [-0.3, -0.25) is 0 Å². The molecule has 0 unspecified atom stereocenters. The Morgan fingerprint density at radius 1 is 0.230 bits per heavy atom. The van der Waals surface area contributed by atoms with Gasteiger partial charge in [0.05, 0.1) is 46.6 Å². The molecule has 0 aliphatic carbocycles. The molecule has 4 radical (unpaired) electrons. The maximum Gasteiger partial charge on any atom is 0.120 e. The van der Waals surface area contributed by atoms with Crippen LogP contribution in [0.2, 0.25) is 78.6 Å². The molecule has 12 aromatic heterocycles. The van der Waals surface area contributed by atoms with Gasteiger partial charge in [-0.05, 0) is 143 Å². The Labute approximate surface area is 934 Å². The molecule has 0 N–H and O–H groups in total. The molecule has 0 aliphatic heterocycles. The van der Waals surface area contributed by atoms with Crippen molar-refractivity contribution in [2.45, 2.75) is 106 Å². The Hall–Kier alpha value is -13.5. The SMILES string of the molecule is Cc1ccc(-c2[c-]cc([Si](C)(C)C)c3c2oc2ccccc23)nc1.Cc1ccc(-c2[c-]ccc3c2oc2cccc([Si](C)(C)C)c23)nc1.[2H]C([2H])([2H])c1ccc(-c2[c-]ccc3c2oc2c([Si](C)(C)C)cccc23)nc1.[2H]C([2H])([2H])c1ccc(-c2[c-]ccc3c2oc2cc([Si](C)(C)C)ccc23)nc1.[Ir].[Ir].[Ir].[Ir].[c-]1ccccc1-c1ccccn1.[c-]1ccccc1-c1ccccn1.[c-]1ccccc1-c1ccccn1.[c-]1ccccc1-c1ccccn1. The zero-order valence-corrected chi connectivity index (χ0v) is 98.1. The Kier molecular flexibility index (Phi) is 35.5. The first kappa shape index (κ1) is 103. The van der Waals surface area contributed by atoms with E-state index < -0.39 is 46.0 Å². The number of aromatic nitrogens is 8. The number of hydrogen-bond acceptors (Lipinski definition) is 12. The van der Waals surface area contributed by atoms with Crippen molar-refractivity contribution in [3.8, 4) is 90.1 Å². The third-order valence-corrected chi connectivity index (χ3v) is 32.2. The zero-order valence-electron chi connectivity index (χ0n) is 90.5. The van der Waals surface area contributed by atoms with Gasteiger partial charge < -0.3 is 57.5 Å². The molecule has 12 nitrogen and oxygen atoms in total. The number of furan rings is 4. The van der Waals surface area contributed by atoms with Gasteiger partial charge in [0.1, 0.15) is 22.3 Å². The van der Waals surface area contributed by atoms with E-state index in [-0.39, 0.29) is 91.5 Å². The Balaban J connectivity index is 0.000000149. The van der Waals surface area contributed by atoms with Crippen molar-refractivity contribution in [1.82, 2.24) is 39.9 Å². The molecule has 0 saturated heterocycles. The third kappa shape index (κ3) is 27.3. The fourth-order valence-electron chi connectivity index (χ4n) is 16.7. The topological polar surface area (TPSA) is 156 Å². The van der Waals surface area contributed by atoms with E-state index in [0.717, 1.165) is 156 Å². The quantitative estimate of drug-likeness (QED) is 0.0844. The van der Waals surface area contributed by atoms with Gasteiger partial charge in [0.15, 0.2) is 0 Å². The number of para-hydroxylation sites is 2. The van der Waals surface area contributed by atoms with Gasteiger partial charge in [-0.15, -0.1) is 215 Å². The molecule has 0 fully saturated rings. The monoisotopic (exact) mass is 2710 g/mol. The number of hydrogen-bond donors (Lipinski definition) is 0. The van der Waals surface area contributed by atoms with Crippen LogP contribution in [-0.4, -0.2) is 72.2 Å². The number of benzene rings is 12. The van der Waals surface area contributed by atoms with Crippen molar-refractivity contribution < 1.29 is 106 Å². The summed E-state index contributed by atoms with van der Waals surface area (Å²) in [4.78, 5) is 34.7. The standard InChI is InChI=1S/4C21H20NOSi.4C11H8N.4Ir/c1-14-11-12-18(22-13-14)17-9-5-7-15-16-8-6-10-19(24(2,3)4)21(16)23-20(15)17;1-14-11-12-17(22-13-14)15-7-5-8-16-20-18(23-21(15)16)9-6-10-19(20)24(2,3)4;1-14-8-11-19(22-13-14)18-7-5-6-17-16-10-9-15(24(2,3)4)12-20(16)23-21(17)18;1-14-9-11-17(22-13-14)15-10-12-19(24(2,3)4)20-16-7-5-6-8-18(16)23-21(15)20;4*1-2-6-10(7-3-1)11-8-4-5-9-12-11;;;;/h5-8,10-13H,1-4H3;2*5-6,8-13H,1-4H3;5-9,11-13H,1-4H3;4*1-6,8-9H;;;;/q8*-1;;;;/i1D3;;1D3;;;;;;;;;. The summed E-state index contributed by atoms with van der Waals surface area (Å²) < 4.78 is 70.1. The molecule has 12 heterocycles. The van der Waals surface area contributed by atoms with Gasteiger partial charge >= 0.3 is 0 Å². The summed E-state index contributed by atoms with van der Waals surface area (Å²) in [6, 6.07) is 137. The molecule has 0 atom stereocenters. The molecule has 748 valence electrons. The molecule has 0 spiro atoms. The van der Waals surface area contributed by atoms with Crippen molar-refractivity contribution in [2.75, 3.05) is 0 Å².